The van der Waals surface area contributed by atoms with Gasteiger partial charge in [0.25, 0.3) is 0 Å². The van der Waals surface area contributed by atoms with Gasteiger partial charge >= 0.3 is 6.55 Å². The van der Waals surface area contributed by atoms with Gasteiger partial charge in [-0.05, 0) is 24.7 Å². The Labute approximate surface area is 120 Å². The first-order chi connectivity index (χ1) is 10.1. The van der Waals surface area contributed by atoms with E-state index in [-0.39, 0.29) is 18.2 Å². The average Bonchev–Trinajstić information content (AvgIpc) is 2.92. The summed E-state index contributed by atoms with van der Waals surface area (Å²) in [5.41, 5.74) is 0.631. The molecule has 0 aliphatic carbocycles. The number of hydrogen-bond acceptors (Lipinski definition) is 3. The molecule has 0 aliphatic rings. The Kier molecular flexibility index (Phi) is 5.21. The molecular weight excluding hydrogens is 283 g/mol. The molecule has 1 aromatic carbocycles. The molecule has 1 aromatic heterocycles. The van der Waals surface area contributed by atoms with Crippen molar-refractivity contribution in [3.05, 3.63) is 47.8 Å². The summed E-state index contributed by atoms with van der Waals surface area (Å²) in [6.07, 6.45) is 2.47. The van der Waals surface area contributed by atoms with E-state index in [9.17, 15) is 13.2 Å². The van der Waals surface area contributed by atoms with Crippen molar-refractivity contribution in [1.29, 1.82) is 0 Å². The van der Waals surface area contributed by atoms with Crippen LogP contribution in [-0.4, -0.2) is 16.1 Å². The van der Waals surface area contributed by atoms with Crippen molar-refractivity contribution in [2.45, 2.75) is 26.6 Å². The van der Waals surface area contributed by atoms with E-state index in [2.05, 4.69) is 10.3 Å². The zero-order chi connectivity index (χ0) is 15.2. The molecule has 0 aliphatic heterocycles. The van der Waals surface area contributed by atoms with Crippen molar-refractivity contribution >= 4 is 0 Å². The quantitative estimate of drug-likeness (QED) is 0.854. The van der Waals surface area contributed by atoms with E-state index in [0.29, 0.717) is 17.9 Å². The van der Waals surface area contributed by atoms with Gasteiger partial charge in [0.05, 0.1) is 0 Å². The summed E-state index contributed by atoms with van der Waals surface area (Å²) < 4.78 is 44.9. The van der Waals surface area contributed by atoms with Crippen molar-refractivity contribution in [2.75, 3.05) is 6.54 Å². The van der Waals surface area contributed by atoms with Crippen molar-refractivity contribution < 1.29 is 17.9 Å². The topological polar surface area (TPSA) is 39.1 Å². The lowest BCUT2D eigenvalue weighted by Gasteiger charge is -2.12. The summed E-state index contributed by atoms with van der Waals surface area (Å²) in [5, 5.41) is 3.07. The molecule has 0 bridgehead atoms. The van der Waals surface area contributed by atoms with E-state index in [0.717, 1.165) is 11.1 Å². The molecule has 0 unspecified atom stereocenters. The van der Waals surface area contributed by atoms with Gasteiger partial charge in [-0.1, -0.05) is 6.92 Å². The fraction of sp³-hybridized carbons (Fsp3) is 0.357. The number of imidazole rings is 1. The fourth-order valence-electron chi connectivity index (χ4n) is 1.86. The molecule has 0 saturated heterocycles. The molecule has 4 nitrogen and oxygen atoms in total. The van der Waals surface area contributed by atoms with Crippen LogP contribution in [0.1, 0.15) is 24.9 Å². The molecule has 0 atom stereocenters. The highest BCUT2D eigenvalue weighted by Gasteiger charge is 2.13. The van der Waals surface area contributed by atoms with Crippen molar-refractivity contribution in [3.63, 3.8) is 0 Å². The Morgan fingerprint density at radius 1 is 1.38 bits per heavy atom. The third-order valence-corrected chi connectivity index (χ3v) is 2.90. The number of halogens is 3. The number of nitrogens with one attached hydrogen (secondary N) is 1. The first-order valence-corrected chi connectivity index (χ1v) is 6.53. The predicted molar refractivity (Wildman–Crippen MR) is 71.6 cm³/mol. The smallest absolute Gasteiger partial charge is 0.320 e. The lowest BCUT2D eigenvalue weighted by Crippen LogP contribution is -2.14. The summed E-state index contributed by atoms with van der Waals surface area (Å²) in [5.74, 6) is 0.189. The molecule has 0 spiro atoms. The maximum absolute atomic E-state index is 13.3. The van der Waals surface area contributed by atoms with Crippen LogP contribution in [0, 0.1) is 5.82 Å². The second kappa shape index (κ2) is 7.12. The summed E-state index contributed by atoms with van der Waals surface area (Å²) >= 11 is 0. The summed E-state index contributed by atoms with van der Waals surface area (Å²) in [6.45, 7) is 0.320. The number of rotatable bonds is 7. The molecule has 114 valence electrons. The standard InChI is InChI=1S/C14H16F3N3O/c1-2-18-8-10-7-11(15)3-4-12(10)21-9-13-19-5-6-20(13)14(16)17/h3-7,14,18H,2,8-9H2,1H3. The highest BCUT2D eigenvalue weighted by molar-refractivity contribution is 5.34. The maximum atomic E-state index is 13.3. The SMILES string of the molecule is CCNCc1cc(F)ccc1OCc1nccn1C(F)F. The molecule has 0 fully saturated rings. The molecule has 7 heteroatoms. The van der Waals surface area contributed by atoms with E-state index in [1.54, 1.807) is 0 Å². The fourth-order valence-corrected chi connectivity index (χ4v) is 1.86. The minimum Gasteiger partial charge on any atom is -0.485 e. The molecule has 1 heterocycles. The number of aromatic nitrogens is 2. The Morgan fingerprint density at radius 2 is 2.19 bits per heavy atom. The zero-order valence-electron chi connectivity index (χ0n) is 11.5. The van der Waals surface area contributed by atoms with Crippen molar-refractivity contribution in [3.8, 4) is 5.75 Å². The normalized spacial score (nSPS) is 11.1. The zero-order valence-corrected chi connectivity index (χ0v) is 11.5. The van der Waals surface area contributed by atoms with Gasteiger partial charge in [0.15, 0.2) is 5.82 Å². The number of nitrogens with zero attached hydrogens (tertiary/aromatic N) is 2. The van der Waals surface area contributed by atoms with E-state index in [1.807, 2.05) is 6.92 Å². The monoisotopic (exact) mass is 299 g/mol. The second-order valence-corrected chi connectivity index (χ2v) is 4.35. The van der Waals surface area contributed by atoms with E-state index >= 15 is 0 Å². The Morgan fingerprint density at radius 3 is 2.90 bits per heavy atom. The van der Waals surface area contributed by atoms with Gasteiger partial charge in [0, 0.05) is 24.5 Å². The molecular formula is C14H16F3N3O. The van der Waals surface area contributed by atoms with Gasteiger partial charge in [0.1, 0.15) is 18.2 Å². The lowest BCUT2D eigenvalue weighted by molar-refractivity contribution is 0.0632. The van der Waals surface area contributed by atoms with Crippen molar-refractivity contribution in [1.82, 2.24) is 14.9 Å². The van der Waals surface area contributed by atoms with Gasteiger partial charge in [0.2, 0.25) is 0 Å². The minimum atomic E-state index is -2.67. The third-order valence-electron chi connectivity index (χ3n) is 2.90. The van der Waals surface area contributed by atoms with Gasteiger partial charge in [-0.15, -0.1) is 0 Å². The minimum absolute atomic E-state index is 0.109. The predicted octanol–water partition coefficient (Wildman–Crippen LogP) is 3.11. The molecule has 1 N–H and O–H groups in total. The molecule has 2 rings (SSSR count). The van der Waals surface area contributed by atoms with Crippen LogP contribution in [0.25, 0.3) is 0 Å². The van der Waals surface area contributed by atoms with Crippen molar-refractivity contribution in [2.24, 2.45) is 0 Å². The summed E-state index contributed by atoms with van der Waals surface area (Å²) in [4.78, 5) is 3.83. The van der Waals surface area contributed by atoms with Gasteiger partial charge in [-0.2, -0.15) is 8.78 Å². The van der Waals surface area contributed by atoms with Crippen LogP contribution < -0.4 is 10.1 Å². The number of benzene rings is 1. The van der Waals surface area contributed by atoms with Gasteiger partial charge in [-0.3, -0.25) is 4.57 Å². The Bertz CT molecular complexity index is 587. The number of hydrogen-bond donors (Lipinski definition) is 1. The van der Waals surface area contributed by atoms with Crippen LogP contribution in [-0.2, 0) is 13.2 Å². The van der Waals surface area contributed by atoms with Crippen LogP contribution in [0.2, 0.25) is 0 Å². The molecule has 0 saturated carbocycles. The molecule has 0 radical (unpaired) electrons. The molecule has 2 aromatic rings. The van der Waals surface area contributed by atoms with E-state index < -0.39 is 6.55 Å². The largest absolute Gasteiger partial charge is 0.485 e. The highest BCUT2D eigenvalue weighted by Crippen LogP contribution is 2.21. The Hall–Kier alpha value is -2.02. The van der Waals surface area contributed by atoms with Crippen LogP contribution in [0.3, 0.4) is 0 Å². The average molecular weight is 299 g/mol. The van der Waals surface area contributed by atoms with Crippen LogP contribution in [0.4, 0.5) is 13.2 Å². The van der Waals surface area contributed by atoms with Crippen LogP contribution >= 0.6 is 0 Å². The van der Waals surface area contributed by atoms with Gasteiger partial charge < -0.3 is 10.1 Å². The van der Waals surface area contributed by atoms with Crippen LogP contribution in [0.5, 0.6) is 5.75 Å². The second-order valence-electron chi connectivity index (χ2n) is 4.35. The van der Waals surface area contributed by atoms with E-state index in [1.165, 1.54) is 30.6 Å². The first-order valence-electron chi connectivity index (χ1n) is 6.53. The number of alkyl halides is 2. The maximum Gasteiger partial charge on any atom is 0.320 e. The first kappa shape index (κ1) is 15.4. The van der Waals surface area contributed by atoms with Gasteiger partial charge in [-0.25, -0.2) is 9.37 Å². The van der Waals surface area contributed by atoms with E-state index in [4.69, 9.17) is 4.74 Å². The molecule has 0 amide bonds. The lowest BCUT2D eigenvalue weighted by atomic mass is 10.2. The number of ether oxygens (including phenoxy) is 1. The van der Waals surface area contributed by atoms with Crippen LogP contribution in [0.15, 0.2) is 30.6 Å². The molecule has 21 heavy (non-hydrogen) atoms. The summed E-state index contributed by atoms with van der Waals surface area (Å²) in [6, 6.07) is 4.11. The Balaban J connectivity index is 2.10. The summed E-state index contributed by atoms with van der Waals surface area (Å²) in [7, 11) is 0. The highest BCUT2D eigenvalue weighted by atomic mass is 19.3. The third kappa shape index (κ3) is 3.98.